The molecule has 1 amide bonds. The van der Waals surface area contributed by atoms with Crippen molar-refractivity contribution in [1.82, 2.24) is 24.4 Å². The van der Waals surface area contributed by atoms with Crippen LogP contribution in [0.25, 0.3) is 11.3 Å². The van der Waals surface area contributed by atoms with E-state index < -0.39 is 0 Å². The van der Waals surface area contributed by atoms with Gasteiger partial charge in [0.25, 0.3) is 5.91 Å². The minimum absolute atomic E-state index is 0.312. The molecule has 0 aliphatic rings. The van der Waals surface area contributed by atoms with E-state index in [9.17, 15) is 4.79 Å². The van der Waals surface area contributed by atoms with Gasteiger partial charge in [0.05, 0.1) is 17.6 Å². The van der Waals surface area contributed by atoms with Gasteiger partial charge >= 0.3 is 0 Å². The molecule has 0 aliphatic heterocycles. The normalized spacial score (nSPS) is 11.0. The van der Waals surface area contributed by atoms with E-state index in [1.54, 1.807) is 35.1 Å². The summed E-state index contributed by atoms with van der Waals surface area (Å²) in [6.45, 7) is 1.84. The molecule has 9 heteroatoms. The Morgan fingerprint density at radius 1 is 1.27 bits per heavy atom. The third-order valence-corrected chi connectivity index (χ3v) is 4.00. The van der Waals surface area contributed by atoms with Crippen LogP contribution in [0, 0.1) is 6.92 Å². The van der Waals surface area contributed by atoms with Crippen molar-refractivity contribution < 1.29 is 4.79 Å². The lowest BCUT2D eigenvalue weighted by atomic mass is 10.3. The quantitative estimate of drug-likeness (QED) is 0.579. The number of benzene rings is 1. The summed E-state index contributed by atoms with van der Waals surface area (Å²) in [4.78, 5) is 16.9. The monoisotopic (exact) mass is 367 g/mol. The second-order valence-electron chi connectivity index (χ2n) is 5.70. The molecule has 0 saturated carbocycles. The van der Waals surface area contributed by atoms with E-state index >= 15 is 0 Å². The van der Waals surface area contributed by atoms with Gasteiger partial charge in [0.1, 0.15) is 17.2 Å². The smallest absolute Gasteiger partial charge is 0.262 e. The Morgan fingerprint density at radius 2 is 2.12 bits per heavy atom. The van der Waals surface area contributed by atoms with Gasteiger partial charge in [-0.25, -0.2) is 14.2 Å². The number of nitrogens with zero attached hydrogens (tertiary/aromatic N) is 5. The van der Waals surface area contributed by atoms with Crippen molar-refractivity contribution in [2.75, 3.05) is 11.1 Å². The van der Waals surface area contributed by atoms with E-state index in [1.807, 2.05) is 19.1 Å². The Morgan fingerprint density at radius 3 is 2.92 bits per heavy atom. The molecular weight excluding hydrogens is 354 g/mol. The summed E-state index contributed by atoms with van der Waals surface area (Å²) in [6, 6.07) is 10.6. The van der Waals surface area contributed by atoms with Gasteiger partial charge < -0.3 is 11.1 Å². The zero-order valence-corrected chi connectivity index (χ0v) is 14.5. The number of carbonyl (C=O) groups is 1. The molecule has 3 aromatic heterocycles. The molecule has 0 spiro atoms. The highest BCUT2D eigenvalue weighted by Crippen LogP contribution is 2.21. The number of nitrogens with two attached hydrogens (primary N) is 1. The standard InChI is InChI=1S/C17H14ClN7O/c1-10-7-15(25(23-10)12-4-2-3-11(18)8-12)22-17(26)13-9-20-24-6-5-14(19)21-16(13)24/h2-9H,1H3,(H2,19,21)(H,22,26). The highest BCUT2D eigenvalue weighted by molar-refractivity contribution is 6.30. The number of hydrogen-bond acceptors (Lipinski definition) is 5. The van der Waals surface area contributed by atoms with Crippen molar-refractivity contribution in [2.45, 2.75) is 6.92 Å². The lowest BCUT2D eigenvalue weighted by Gasteiger charge is -2.08. The fourth-order valence-corrected chi connectivity index (χ4v) is 2.80. The summed E-state index contributed by atoms with van der Waals surface area (Å²) in [5, 5.41) is 12.0. The number of nitrogens with one attached hydrogen (secondary N) is 1. The van der Waals surface area contributed by atoms with Gasteiger partial charge in [0.2, 0.25) is 0 Å². The zero-order valence-electron chi connectivity index (χ0n) is 13.7. The van der Waals surface area contributed by atoms with Crippen LogP contribution in [0.1, 0.15) is 16.1 Å². The lowest BCUT2D eigenvalue weighted by Crippen LogP contribution is -2.15. The summed E-state index contributed by atoms with van der Waals surface area (Å²) >= 11 is 6.06. The van der Waals surface area contributed by atoms with E-state index in [-0.39, 0.29) is 5.91 Å². The molecule has 0 bridgehead atoms. The Balaban J connectivity index is 1.71. The fraction of sp³-hybridized carbons (Fsp3) is 0.0588. The van der Waals surface area contributed by atoms with Gasteiger partial charge in [-0.3, -0.25) is 4.79 Å². The SMILES string of the molecule is Cc1cc(NC(=O)c2cnn3ccc(N)nc23)n(-c2cccc(Cl)c2)n1. The van der Waals surface area contributed by atoms with Crippen LogP contribution in [-0.2, 0) is 0 Å². The van der Waals surface area contributed by atoms with Crippen LogP contribution in [0.3, 0.4) is 0 Å². The first kappa shape index (κ1) is 16.1. The summed E-state index contributed by atoms with van der Waals surface area (Å²) in [5.41, 5.74) is 7.90. The Kier molecular flexibility index (Phi) is 3.81. The van der Waals surface area contributed by atoms with Crippen LogP contribution in [0.5, 0.6) is 0 Å². The average Bonchev–Trinajstić information content (AvgIpc) is 3.17. The molecule has 0 fully saturated rings. The number of carbonyl (C=O) groups excluding carboxylic acids is 1. The molecular formula is C17H14ClN7O. The van der Waals surface area contributed by atoms with Crippen molar-refractivity contribution in [3.63, 3.8) is 0 Å². The van der Waals surface area contributed by atoms with E-state index in [4.69, 9.17) is 17.3 Å². The second kappa shape index (κ2) is 6.16. The summed E-state index contributed by atoms with van der Waals surface area (Å²) < 4.78 is 3.11. The first-order chi connectivity index (χ1) is 12.5. The van der Waals surface area contributed by atoms with Crippen LogP contribution in [0.4, 0.5) is 11.6 Å². The van der Waals surface area contributed by atoms with E-state index in [0.29, 0.717) is 27.9 Å². The number of hydrogen-bond donors (Lipinski definition) is 2. The third-order valence-electron chi connectivity index (χ3n) is 3.76. The summed E-state index contributed by atoms with van der Waals surface area (Å²) in [6.07, 6.45) is 3.10. The van der Waals surface area contributed by atoms with Crippen LogP contribution >= 0.6 is 11.6 Å². The Bertz CT molecular complexity index is 1130. The number of halogens is 1. The molecule has 130 valence electrons. The highest BCUT2D eigenvalue weighted by atomic mass is 35.5. The topological polar surface area (TPSA) is 103 Å². The Hall–Kier alpha value is -3.39. The van der Waals surface area contributed by atoms with E-state index in [2.05, 4.69) is 20.5 Å². The first-order valence-corrected chi connectivity index (χ1v) is 8.13. The molecule has 0 aliphatic carbocycles. The maximum atomic E-state index is 12.7. The van der Waals surface area contributed by atoms with Gasteiger partial charge in [-0.15, -0.1) is 0 Å². The van der Waals surface area contributed by atoms with Gasteiger partial charge in [-0.2, -0.15) is 10.2 Å². The zero-order chi connectivity index (χ0) is 18.3. The van der Waals surface area contributed by atoms with Crippen molar-refractivity contribution in [3.05, 3.63) is 65.1 Å². The van der Waals surface area contributed by atoms with Gasteiger partial charge in [-0.1, -0.05) is 17.7 Å². The van der Waals surface area contributed by atoms with Gasteiger partial charge in [0.15, 0.2) is 5.65 Å². The van der Waals surface area contributed by atoms with E-state index in [1.165, 1.54) is 10.7 Å². The molecule has 3 heterocycles. The molecule has 0 unspecified atom stereocenters. The third kappa shape index (κ3) is 2.86. The predicted molar refractivity (Wildman–Crippen MR) is 98.7 cm³/mol. The van der Waals surface area contributed by atoms with E-state index in [0.717, 1.165) is 11.4 Å². The number of amides is 1. The number of aromatic nitrogens is 5. The predicted octanol–water partition coefficient (Wildman–Crippen LogP) is 2.71. The lowest BCUT2D eigenvalue weighted by molar-refractivity contribution is 0.102. The fourth-order valence-electron chi connectivity index (χ4n) is 2.62. The molecule has 1 aromatic carbocycles. The van der Waals surface area contributed by atoms with Gasteiger partial charge in [-0.05, 0) is 31.2 Å². The molecule has 26 heavy (non-hydrogen) atoms. The number of nitrogen functional groups attached to an aromatic ring is 1. The average molecular weight is 368 g/mol. The van der Waals surface area contributed by atoms with Crippen molar-refractivity contribution >= 4 is 34.8 Å². The van der Waals surface area contributed by atoms with Crippen LogP contribution < -0.4 is 11.1 Å². The van der Waals surface area contributed by atoms with Crippen LogP contribution in [0.2, 0.25) is 5.02 Å². The minimum atomic E-state index is -0.360. The molecule has 3 N–H and O–H groups in total. The van der Waals surface area contributed by atoms with Crippen LogP contribution in [0.15, 0.2) is 48.8 Å². The highest BCUT2D eigenvalue weighted by Gasteiger charge is 2.17. The summed E-state index contributed by atoms with van der Waals surface area (Å²) in [7, 11) is 0. The Labute approximate surface area is 153 Å². The molecule has 0 atom stereocenters. The molecule has 0 radical (unpaired) electrons. The molecule has 8 nitrogen and oxygen atoms in total. The number of anilines is 2. The van der Waals surface area contributed by atoms with Gasteiger partial charge in [0, 0.05) is 17.3 Å². The number of fused-ring (bicyclic) bond motifs is 1. The molecule has 4 aromatic rings. The second-order valence-corrected chi connectivity index (χ2v) is 6.13. The molecule has 0 saturated heterocycles. The maximum Gasteiger partial charge on any atom is 0.262 e. The van der Waals surface area contributed by atoms with Crippen molar-refractivity contribution in [1.29, 1.82) is 0 Å². The van der Waals surface area contributed by atoms with Crippen molar-refractivity contribution in [3.8, 4) is 5.69 Å². The number of rotatable bonds is 3. The minimum Gasteiger partial charge on any atom is -0.384 e. The maximum absolute atomic E-state index is 12.7. The molecule has 4 rings (SSSR count). The summed E-state index contributed by atoms with van der Waals surface area (Å²) in [5.74, 6) is 0.464. The number of aryl methyl sites for hydroxylation is 1. The van der Waals surface area contributed by atoms with Crippen molar-refractivity contribution in [2.24, 2.45) is 0 Å². The first-order valence-electron chi connectivity index (χ1n) is 7.75. The van der Waals surface area contributed by atoms with Crippen LogP contribution in [-0.4, -0.2) is 30.3 Å². The largest absolute Gasteiger partial charge is 0.384 e.